The average Bonchev–Trinajstić information content (AvgIpc) is 2.92. The predicted octanol–water partition coefficient (Wildman–Crippen LogP) is 7.42. The van der Waals surface area contributed by atoms with Crippen LogP contribution in [0.4, 0.5) is 22.7 Å². The van der Waals surface area contributed by atoms with E-state index in [2.05, 4.69) is 10.6 Å². The minimum Gasteiger partial charge on any atom is -0.321 e. The van der Waals surface area contributed by atoms with Gasteiger partial charge < -0.3 is 10.6 Å². The first kappa shape index (κ1) is 28.3. The summed E-state index contributed by atoms with van der Waals surface area (Å²) in [6.07, 6.45) is 0. The molecule has 202 valence electrons. The van der Waals surface area contributed by atoms with Gasteiger partial charge in [0, 0.05) is 45.2 Å². The zero-order valence-electron chi connectivity index (χ0n) is 21.2. The summed E-state index contributed by atoms with van der Waals surface area (Å²) in [6.45, 7) is 3.71. The third-order valence-electron chi connectivity index (χ3n) is 5.63. The Kier molecular flexibility index (Phi) is 8.82. The van der Waals surface area contributed by atoms with Crippen LogP contribution in [0, 0.1) is 34.1 Å². The fourth-order valence-electron chi connectivity index (χ4n) is 3.64. The number of nitrogens with one attached hydrogen (secondary N) is 2. The van der Waals surface area contributed by atoms with E-state index in [0.717, 1.165) is 32.7 Å². The first-order valence-electron chi connectivity index (χ1n) is 11.8. The Labute approximate surface area is 236 Å². The van der Waals surface area contributed by atoms with Crippen LogP contribution in [0.25, 0.3) is 0 Å². The second kappa shape index (κ2) is 12.5. The molecule has 0 saturated heterocycles. The Morgan fingerprint density at radius 2 is 1.02 bits per heavy atom. The molecule has 2 amide bonds. The summed E-state index contributed by atoms with van der Waals surface area (Å²) in [6, 6.07) is 22.0. The number of amides is 2. The number of nitro benzene ring substituents is 2. The number of anilines is 2. The van der Waals surface area contributed by atoms with E-state index in [4.69, 9.17) is 0 Å². The van der Waals surface area contributed by atoms with Crippen LogP contribution in [0.15, 0.2) is 94.7 Å². The Hall–Kier alpha value is -4.68. The molecule has 0 fully saturated rings. The predicted molar refractivity (Wildman–Crippen MR) is 156 cm³/mol. The van der Waals surface area contributed by atoms with Crippen molar-refractivity contribution >= 4 is 56.2 Å². The van der Waals surface area contributed by atoms with Crippen molar-refractivity contribution in [1.29, 1.82) is 0 Å². The minimum absolute atomic E-state index is 0.191. The van der Waals surface area contributed by atoms with Crippen molar-refractivity contribution in [1.82, 2.24) is 0 Å². The Bertz CT molecular complexity index is 1520. The summed E-state index contributed by atoms with van der Waals surface area (Å²) in [5, 5.41) is 28.5. The van der Waals surface area contributed by atoms with Gasteiger partial charge in [-0.3, -0.25) is 29.8 Å². The molecule has 4 aromatic rings. The van der Waals surface area contributed by atoms with Crippen molar-refractivity contribution in [2.24, 2.45) is 0 Å². The molecule has 0 spiro atoms. The summed E-state index contributed by atoms with van der Waals surface area (Å²) < 4.78 is 0. The summed E-state index contributed by atoms with van der Waals surface area (Å²) >= 11 is 0. The van der Waals surface area contributed by atoms with Gasteiger partial charge in [-0.15, -0.1) is 0 Å². The molecule has 10 nitrogen and oxygen atoms in total. The van der Waals surface area contributed by atoms with Gasteiger partial charge >= 0.3 is 0 Å². The van der Waals surface area contributed by atoms with Crippen LogP contribution < -0.4 is 10.6 Å². The number of carbonyl (C=O) groups excluding carboxylic acids is 2. The van der Waals surface area contributed by atoms with Crippen molar-refractivity contribution in [3.63, 3.8) is 0 Å². The lowest BCUT2D eigenvalue weighted by Crippen LogP contribution is -2.13. The highest BCUT2D eigenvalue weighted by molar-refractivity contribution is 8.76. The number of nitro groups is 2. The van der Waals surface area contributed by atoms with Crippen LogP contribution in [0.2, 0.25) is 0 Å². The SMILES string of the molecule is Cc1cccc(C(=O)Nc2ccc([N+](=O)[O-])cc2SSc2cc([N+](=O)[O-])ccc2NC(=O)c2cccc(C)c2)c1. The Balaban J connectivity index is 1.63. The van der Waals surface area contributed by atoms with Crippen molar-refractivity contribution in [3.8, 4) is 0 Å². The van der Waals surface area contributed by atoms with Crippen LogP contribution in [0.1, 0.15) is 31.8 Å². The highest BCUT2D eigenvalue weighted by Gasteiger charge is 2.19. The first-order chi connectivity index (χ1) is 19.1. The second-order valence-electron chi connectivity index (χ2n) is 8.69. The number of carbonyl (C=O) groups is 2. The van der Waals surface area contributed by atoms with Crippen molar-refractivity contribution in [3.05, 3.63) is 127 Å². The van der Waals surface area contributed by atoms with Crippen molar-refractivity contribution in [2.75, 3.05) is 10.6 Å². The third-order valence-corrected chi connectivity index (χ3v) is 8.08. The van der Waals surface area contributed by atoms with Crippen molar-refractivity contribution in [2.45, 2.75) is 23.6 Å². The van der Waals surface area contributed by atoms with Gasteiger partial charge in [0.15, 0.2) is 0 Å². The van der Waals surface area contributed by atoms with Gasteiger partial charge in [-0.25, -0.2) is 0 Å². The zero-order valence-corrected chi connectivity index (χ0v) is 22.9. The second-order valence-corrected chi connectivity index (χ2v) is 10.9. The molecule has 0 atom stereocenters. The van der Waals surface area contributed by atoms with Gasteiger partial charge in [-0.2, -0.15) is 0 Å². The van der Waals surface area contributed by atoms with Gasteiger partial charge in [0.05, 0.1) is 21.2 Å². The first-order valence-corrected chi connectivity index (χ1v) is 13.9. The molecule has 2 N–H and O–H groups in total. The quantitative estimate of drug-likeness (QED) is 0.119. The van der Waals surface area contributed by atoms with E-state index in [1.165, 1.54) is 36.4 Å². The van der Waals surface area contributed by atoms with Gasteiger partial charge in [0.2, 0.25) is 0 Å². The molecule has 0 aliphatic carbocycles. The maximum absolute atomic E-state index is 12.9. The number of nitrogens with zero attached hydrogens (tertiary/aromatic N) is 2. The van der Waals surface area contributed by atoms with Crippen LogP contribution in [-0.4, -0.2) is 21.7 Å². The lowest BCUT2D eigenvalue weighted by molar-refractivity contribution is -0.385. The molecule has 4 rings (SSSR count). The highest BCUT2D eigenvalue weighted by atomic mass is 33.1. The highest BCUT2D eigenvalue weighted by Crippen LogP contribution is 2.45. The Morgan fingerprint density at radius 1 is 0.625 bits per heavy atom. The van der Waals surface area contributed by atoms with Gasteiger partial charge in [0.1, 0.15) is 0 Å². The van der Waals surface area contributed by atoms with Crippen LogP contribution in [-0.2, 0) is 0 Å². The molecule has 0 aromatic heterocycles. The lowest BCUT2D eigenvalue weighted by atomic mass is 10.1. The maximum Gasteiger partial charge on any atom is 0.270 e. The maximum atomic E-state index is 12.9. The molecule has 40 heavy (non-hydrogen) atoms. The smallest absolute Gasteiger partial charge is 0.270 e. The molecule has 0 aliphatic heterocycles. The number of hydrogen-bond donors (Lipinski definition) is 2. The molecule has 0 heterocycles. The molecule has 0 unspecified atom stereocenters. The standard InChI is InChI=1S/C28H22N4O6S2/c1-17-5-3-7-19(13-17)27(33)29-23-11-9-21(31(35)36)15-25(23)39-40-26-16-22(32(37)38)10-12-24(26)30-28(34)20-8-4-6-18(2)14-20/h3-16H,1-2H3,(H,29,33)(H,30,34). The van der Waals surface area contributed by atoms with E-state index in [1.54, 1.807) is 36.4 Å². The minimum atomic E-state index is -0.554. The topological polar surface area (TPSA) is 144 Å². The fourth-order valence-corrected chi connectivity index (χ4v) is 5.95. The number of hydrogen-bond acceptors (Lipinski definition) is 8. The van der Waals surface area contributed by atoms with E-state index >= 15 is 0 Å². The van der Waals surface area contributed by atoms with Gasteiger partial charge in [0.25, 0.3) is 23.2 Å². The summed E-state index contributed by atoms with van der Waals surface area (Å²) in [5.41, 5.74) is 2.89. The normalized spacial score (nSPS) is 10.6. The zero-order chi connectivity index (χ0) is 28.8. The van der Waals surface area contributed by atoms with E-state index in [0.29, 0.717) is 32.3 Å². The van der Waals surface area contributed by atoms with E-state index < -0.39 is 21.7 Å². The van der Waals surface area contributed by atoms with Crippen LogP contribution in [0.3, 0.4) is 0 Å². The molecule has 0 aliphatic rings. The number of rotatable bonds is 9. The average molecular weight is 575 g/mol. The van der Waals surface area contributed by atoms with Crippen molar-refractivity contribution < 1.29 is 19.4 Å². The molecule has 0 bridgehead atoms. The van der Waals surface area contributed by atoms with Crippen LogP contribution in [0.5, 0.6) is 0 Å². The van der Waals surface area contributed by atoms with E-state index in [-0.39, 0.29) is 11.4 Å². The molecular formula is C28H22N4O6S2. The van der Waals surface area contributed by atoms with E-state index in [1.807, 2.05) is 26.0 Å². The number of aryl methyl sites for hydroxylation is 2. The third kappa shape index (κ3) is 7.04. The molecule has 12 heteroatoms. The summed E-state index contributed by atoms with van der Waals surface area (Å²) in [7, 11) is 2.11. The molecular weight excluding hydrogens is 552 g/mol. The number of benzene rings is 4. The van der Waals surface area contributed by atoms with Gasteiger partial charge in [-0.05, 0) is 50.2 Å². The van der Waals surface area contributed by atoms with Crippen LogP contribution >= 0.6 is 21.6 Å². The molecule has 0 radical (unpaired) electrons. The summed E-state index contributed by atoms with van der Waals surface area (Å²) in [4.78, 5) is 48.3. The molecule has 0 saturated carbocycles. The lowest BCUT2D eigenvalue weighted by Gasteiger charge is -2.13. The van der Waals surface area contributed by atoms with E-state index in [9.17, 15) is 29.8 Å². The monoisotopic (exact) mass is 574 g/mol. The molecule has 4 aromatic carbocycles. The Morgan fingerprint density at radius 3 is 1.38 bits per heavy atom. The van der Waals surface area contributed by atoms with Gasteiger partial charge in [-0.1, -0.05) is 57.0 Å². The largest absolute Gasteiger partial charge is 0.321 e. The number of non-ortho nitro benzene ring substituents is 2. The fraction of sp³-hybridized carbons (Fsp3) is 0.0714. The summed E-state index contributed by atoms with van der Waals surface area (Å²) in [5.74, 6) is -0.795.